The van der Waals surface area contributed by atoms with Gasteiger partial charge in [0.15, 0.2) is 5.76 Å². The number of hydrogen-bond donors (Lipinski definition) is 2. The zero-order chi connectivity index (χ0) is 21.8. The van der Waals surface area contributed by atoms with E-state index in [1.165, 1.54) is 41.9 Å². The van der Waals surface area contributed by atoms with Crippen LogP contribution in [0.4, 0.5) is 9.39 Å². The van der Waals surface area contributed by atoms with Crippen LogP contribution in [0.3, 0.4) is 0 Å². The van der Waals surface area contributed by atoms with Gasteiger partial charge in [-0.2, -0.15) is 0 Å². The molecule has 0 saturated carbocycles. The number of anilines is 1. The maximum Gasteiger partial charge on any atom is 0.291 e. The van der Waals surface area contributed by atoms with Crippen LogP contribution in [0.15, 0.2) is 59.2 Å². The predicted molar refractivity (Wildman–Crippen MR) is 114 cm³/mol. The molecule has 0 spiro atoms. The smallest absolute Gasteiger partial charge is 0.291 e. The van der Waals surface area contributed by atoms with Crippen molar-refractivity contribution in [1.82, 2.24) is 10.2 Å². The van der Waals surface area contributed by atoms with Crippen molar-refractivity contribution in [2.24, 2.45) is 0 Å². The molecule has 31 heavy (non-hydrogen) atoms. The van der Waals surface area contributed by atoms with Gasteiger partial charge in [-0.25, -0.2) is 4.39 Å². The van der Waals surface area contributed by atoms with Crippen LogP contribution in [0, 0.1) is 5.82 Å². The van der Waals surface area contributed by atoms with Crippen molar-refractivity contribution in [3.63, 3.8) is 0 Å². The number of furan rings is 1. The third kappa shape index (κ3) is 5.00. The van der Waals surface area contributed by atoms with E-state index < -0.39 is 0 Å². The van der Waals surface area contributed by atoms with Crippen LogP contribution in [0.2, 0.25) is 0 Å². The first-order chi connectivity index (χ1) is 15.0. The molecule has 160 valence electrons. The fraction of sp³-hybridized carbons (Fsp3) is 0.227. The van der Waals surface area contributed by atoms with Crippen LogP contribution in [0.25, 0.3) is 0 Å². The zero-order valence-electron chi connectivity index (χ0n) is 16.5. The SMILES string of the molecule is O=C(NC1CCN(C(=O)c2ccc(NC(=O)c3ccco3)s2)CC1)c1ccc(F)cc1. The summed E-state index contributed by atoms with van der Waals surface area (Å²) in [5.41, 5.74) is 0.405. The van der Waals surface area contributed by atoms with Crippen molar-refractivity contribution >= 4 is 34.1 Å². The highest BCUT2D eigenvalue weighted by molar-refractivity contribution is 7.18. The van der Waals surface area contributed by atoms with Crippen LogP contribution >= 0.6 is 11.3 Å². The topological polar surface area (TPSA) is 91.7 Å². The van der Waals surface area contributed by atoms with E-state index in [2.05, 4.69) is 10.6 Å². The monoisotopic (exact) mass is 441 g/mol. The number of likely N-dealkylation sites (tertiary alicyclic amines) is 1. The number of rotatable bonds is 5. The number of nitrogens with zero attached hydrogens (tertiary/aromatic N) is 1. The van der Waals surface area contributed by atoms with Gasteiger partial charge in [0.25, 0.3) is 17.7 Å². The molecule has 4 rings (SSSR count). The Kier molecular flexibility index (Phi) is 6.13. The van der Waals surface area contributed by atoms with E-state index in [0.717, 1.165) is 0 Å². The number of benzene rings is 1. The summed E-state index contributed by atoms with van der Waals surface area (Å²) in [6.45, 7) is 1.03. The molecule has 1 fully saturated rings. The molecule has 0 unspecified atom stereocenters. The van der Waals surface area contributed by atoms with Crippen molar-refractivity contribution in [2.45, 2.75) is 18.9 Å². The summed E-state index contributed by atoms with van der Waals surface area (Å²) in [4.78, 5) is 39.4. The van der Waals surface area contributed by atoms with Crippen LogP contribution in [0.1, 0.15) is 43.4 Å². The molecular formula is C22H20FN3O4S. The minimum Gasteiger partial charge on any atom is -0.459 e. The maximum absolute atomic E-state index is 13.0. The first-order valence-corrected chi connectivity index (χ1v) is 10.6. The third-order valence-electron chi connectivity index (χ3n) is 5.02. The maximum atomic E-state index is 13.0. The lowest BCUT2D eigenvalue weighted by atomic mass is 10.0. The number of amides is 3. The molecule has 1 aliphatic heterocycles. The van der Waals surface area contributed by atoms with Gasteiger partial charge in [-0.1, -0.05) is 0 Å². The Hall–Kier alpha value is -3.46. The molecular weight excluding hydrogens is 421 g/mol. The molecule has 1 aliphatic rings. The Balaban J connectivity index is 1.28. The minimum absolute atomic E-state index is 0.0481. The van der Waals surface area contributed by atoms with E-state index in [9.17, 15) is 18.8 Å². The summed E-state index contributed by atoms with van der Waals surface area (Å²) in [5, 5.41) is 6.22. The second-order valence-electron chi connectivity index (χ2n) is 7.14. The summed E-state index contributed by atoms with van der Waals surface area (Å²) in [6, 6.07) is 11.9. The molecule has 3 amide bonds. The third-order valence-corrected chi connectivity index (χ3v) is 6.01. The Morgan fingerprint density at radius 3 is 2.42 bits per heavy atom. The number of nitrogens with one attached hydrogen (secondary N) is 2. The summed E-state index contributed by atoms with van der Waals surface area (Å²) in [6.07, 6.45) is 2.68. The van der Waals surface area contributed by atoms with Crippen molar-refractivity contribution < 1.29 is 23.2 Å². The minimum atomic E-state index is -0.388. The number of halogens is 1. The van der Waals surface area contributed by atoms with Gasteiger partial charge < -0.3 is 20.0 Å². The molecule has 0 radical (unpaired) electrons. The van der Waals surface area contributed by atoms with E-state index in [0.29, 0.717) is 41.4 Å². The average Bonchev–Trinajstić information content (AvgIpc) is 3.47. The number of hydrogen-bond acceptors (Lipinski definition) is 5. The van der Waals surface area contributed by atoms with Gasteiger partial charge >= 0.3 is 0 Å². The Morgan fingerprint density at radius 2 is 1.74 bits per heavy atom. The fourth-order valence-electron chi connectivity index (χ4n) is 3.35. The summed E-state index contributed by atoms with van der Waals surface area (Å²) < 4.78 is 18.1. The molecule has 2 aromatic heterocycles. The highest BCUT2D eigenvalue weighted by atomic mass is 32.1. The highest BCUT2D eigenvalue weighted by Gasteiger charge is 2.26. The average molecular weight is 441 g/mol. The van der Waals surface area contributed by atoms with Gasteiger partial charge in [-0.3, -0.25) is 14.4 Å². The molecule has 0 aliphatic carbocycles. The van der Waals surface area contributed by atoms with Gasteiger partial charge in [0.05, 0.1) is 16.1 Å². The normalized spacial score (nSPS) is 14.3. The largest absolute Gasteiger partial charge is 0.459 e. The molecule has 0 atom stereocenters. The quantitative estimate of drug-likeness (QED) is 0.631. The zero-order valence-corrected chi connectivity index (χ0v) is 17.3. The second kappa shape index (κ2) is 9.13. The highest BCUT2D eigenvalue weighted by Crippen LogP contribution is 2.25. The van der Waals surface area contributed by atoms with Gasteiger partial charge in [0, 0.05) is 24.7 Å². The Bertz CT molecular complexity index is 1070. The lowest BCUT2D eigenvalue weighted by molar-refractivity contribution is 0.0702. The fourth-order valence-corrected chi connectivity index (χ4v) is 4.22. The summed E-state index contributed by atoms with van der Waals surface area (Å²) in [5.74, 6) is -0.915. The first-order valence-electron chi connectivity index (χ1n) is 9.80. The van der Waals surface area contributed by atoms with Crippen LogP contribution in [-0.2, 0) is 0 Å². The summed E-state index contributed by atoms with van der Waals surface area (Å²) in [7, 11) is 0. The van der Waals surface area contributed by atoms with Gasteiger partial charge in [0.1, 0.15) is 5.82 Å². The Labute approximate surface area is 181 Å². The molecule has 0 bridgehead atoms. The van der Waals surface area contributed by atoms with Crippen molar-refractivity contribution in [1.29, 1.82) is 0 Å². The number of thiophene rings is 1. The van der Waals surface area contributed by atoms with Gasteiger partial charge in [-0.15, -0.1) is 11.3 Å². The first kappa shape index (κ1) is 20.8. The van der Waals surface area contributed by atoms with Gasteiger partial charge in [-0.05, 0) is 61.4 Å². The standard InChI is InChI=1S/C22H20FN3O4S/c23-15-5-3-14(4-6-15)20(27)24-16-9-11-26(12-10-16)22(29)18-7-8-19(31-18)25-21(28)17-2-1-13-30-17/h1-8,13,16H,9-12H2,(H,24,27)(H,25,28). The predicted octanol–water partition coefficient (Wildman–Crippen LogP) is 3.77. The van der Waals surface area contributed by atoms with Crippen molar-refractivity contribution in [3.8, 4) is 0 Å². The van der Waals surface area contributed by atoms with Crippen molar-refractivity contribution in [3.05, 3.63) is 76.8 Å². The summed E-state index contributed by atoms with van der Waals surface area (Å²) >= 11 is 1.20. The molecule has 1 saturated heterocycles. The Morgan fingerprint density at radius 1 is 1.00 bits per heavy atom. The van der Waals surface area contributed by atoms with E-state index >= 15 is 0 Å². The molecule has 7 nitrogen and oxygen atoms in total. The van der Waals surface area contributed by atoms with Crippen LogP contribution < -0.4 is 10.6 Å². The van der Waals surface area contributed by atoms with Crippen molar-refractivity contribution in [2.75, 3.05) is 18.4 Å². The lowest BCUT2D eigenvalue weighted by Crippen LogP contribution is -2.46. The van der Waals surface area contributed by atoms with Gasteiger partial charge in [0.2, 0.25) is 0 Å². The number of piperidine rings is 1. The lowest BCUT2D eigenvalue weighted by Gasteiger charge is -2.32. The molecule has 3 aromatic rings. The van der Waals surface area contributed by atoms with Crippen LogP contribution in [0.5, 0.6) is 0 Å². The number of carbonyl (C=O) groups excluding carboxylic acids is 3. The second-order valence-corrected chi connectivity index (χ2v) is 8.23. The van der Waals surface area contributed by atoms with Crippen LogP contribution in [-0.4, -0.2) is 41.8 Å². The van der Waals surface area contributed by atoms with E-state index in [1.54, 1.807) is 29.2 Å². The number of carbonyl (C=O) groups is 3. The van der Waals surface area contributed by atoms with E-state index in [4.69, 9.17) is 4.42 Å². The van der Waals surface area contributed by atoms with E-state index in [1.807, 2.05) is 0 Å². The molecule has 9 heteroatoms. The molecule has 2 N–H and O–H groups in total. The van der Waals surface area contributed by atoms with E-state index in [-0.39, 0.29) is 35.3 Å². The molecule has 3 heterocycles. The molecule has 1 aromatic carbocycles.